The molecule has 5 nitrogen and oxygen atoms in total. The molecule has 116 valence electrons. The first kappa shape index (κ1) is 15.7. The van der Waals surface area contributed by atoms with E-state index in [0.29, 0.717) is 25.6 Å². The zero-order valence-electron chi connectivity index (χ0n) is 13.1. The number of hydrogen-bond donors (Lipinski definition) is 0. The summed E-state index contributed by atoms with van der Waals surface area (Å²) < 4.78 is 10.7. The zero-order chi connectivity index (χ0) is 14.6. The van der Waals surface area contributed by atoms with Crippen LogP contribution in [0.4, 0.5) is 0 Å². The lowest BCUT2D eigenvalue weighted by molar-refractivity contribution is -0.149. The number of piperazine rings is 1. The Morgan fingerprint density at radius 1 is 1.25 bits per heavy atom. The van der Waals surface area contributed by atoms with Crippen molar-refractivity contribution >= 4 is 5.97 Å². The number of esters is 1. The van der Waals surface area contributed by atoms with Crippen molar-refractivity contribution in [2.45, 2.75) is 31.7 Å². The standard InChI is InChI=1S/C15H28N2O3/c1-4-20-14(18)11-15(12-19-3,13-5-6-13)17-9-7-16(2)8-10-17/h13H,4-12H2,1-3H3. The minimum Gasteiger partial charge on any atom is -0.466 e. The topological polar surface area (TPSA) is 42.0 Å². The number of likely N-dealkylation sites (N-methyl/N-ethyl adjacent to an activating group) is 1. The Kier molecular flexibility index (Phi) is 5.41. The van der Waals surface area contributed by atoms with Crippen LogP contribution in [-0.4, -0.2) is 74.9 Å². The van der Waals surface area contributed by atoms with E-state index in [-0.39, 0.29) is 11.5 Å². The molecule has 0 amide bonds. The predicted molar refractivity (Wildman–Crippen MR) is 77.7 cm³/mol. The number of ether oxygens (including phenoxy) is 2. The van der Waals surface area contributed by atoms with Crippen molar-refractivity contribution in [1.82, 2.24) is 9.80 Å². The smallest absolute Gasteiger partial charge is 0.307 e. The third-order valence-corrected chi connectivity index (χ3v) is 4.62. The summed E-state index contributed by atoms with van der Waals surface area (Å²) in [5, 5.41) is 0. The summed E-state index contributed by atoms with van der Waals surface area (Å²) in [5.74, 6) is 0.491. The molecule has 2 aliphatic rings. The van der Waals surface area contributed by atoms with Crippen LogP contribution in [0.15, 0.2) is 0 Å². The molecule has 1 heterocycles. The van der Waals surface area contributed by atoms with Crippen molar-refractivity contribution in [3.8, 4) is 0 Å². The maximum atomic E-state index is 12.1. The summed E-state index contributed by atoms with van der Waals surface area (Å²) in [5.41, 5.74) is -0.151. The molecule has 1 aliphatic carbocycles. The minimum absolute atomic E-state index is 0.0876. The van der Waals surface area contributed by atoms with Gasteiger partial charge in [0.05, 0.1) is 25.2 Å². The van der Waals surface area contributed by atoms with Crippen LogP contribution in [0.3, 0.4) is 0 Å². The SMILES string of the molecule is CCOC(=O)CC(COC)(C1CC1)N1CCN(C)CC1. The fourth-order valence-corrected chi connectivity index (χ4v) is 3.36. The van der Waals surface area contributed by atoms with Gasteiger partial charge in [-0.25, -0.2) is 0 Å². The summed E-state index contributed by atoms with van der Waals surface area (Å²) >= 11 is 0. The van der Waals surface area contributed by atoms with Gasteiger partial charge in [-0.05, 0) is 32.7 Å². The average molecular weight is 284 g/mol. The molecule has 20 heavy (non-hydrogen) atoms. The largest absolute Gasteiger partial charge is 0.466 e. The van der Waals surface area contributed by atoms with Gasteiger partial charge in [0.15, 0.2) is 0 Å². The van der Waals surface area contributed by atoms with Gasteiger partial charge in [0.25, 0.3) is 0 Å². The van der Waals surface area contributed by atoms with E-state index in [9.17, 15) is 4.79 Å². The Balaban J connectivity index is 2.11. The Bertz CT molecular complexity index is 325. The highest BCUT2D eigenvalue weighted by molar-refractivity contribution is 5.71. The fourth-order valence-electron chi connectivity index (χ4n) is 3.36. The lowest BCUT2D eigenvalue weighted by atomic mass is 9.87. The van der Waals surface area contributed by atoms with E-state index < -0.39 is 0 Å². The first-order chi connectivity index (χ1) is 9.62. The second-order valence-electron chi connectivity index (χ2n) is 6.08. The lowest BCUT2D eigenvalue weighted by Crippen LogP contribution is -2.60. The van der Waals surface area contributed by atoms with Crippen molar-refractivity contribution in [3.05, 3.63) is 0 Å². The summed E-state index contributed by atoms with van der Waals surface area (Å²) in [6.07, 6.45) is 2.87. The van der Waals surface area contributed by atoms with Crippen LogP contribution in [0.25, 0.3) is 0 Å². The van der Waals surface area contributed by atoms with Crippen molar-refractivity contribution in [2.24, 2.45) is 5.92 Å². The predicted octanol–water partition coefficient (Wildman–Crippen LogP) is 0.982. The van der Waals surface area contributed by atoms with Gasteiger partial charge in [-0.15, -0.1) is 0 Å². The van der Waals surface area contributed by atoms with Crippen LogP contribution in [0.5, 0.6) is 0 Å². The van der Waals surface area contributed by atoms with Gasteiger partial charge in [-0.1, -0.05) is 0 Å². The molecule has 1 aliphatic heterocycles. The number of carbonyl (C=O) groups is 1. The average Bonchev–Trinajstić information content (AvgIpc) is 3.24. The molecule has 2 fully saturated rings. The maximum absolute atomic E-state index is 12.1. The highest BCUT2D eigenvalue weighted by Crippen LogP contribution is 2.46. The van der Waals surface area contributed by atoms with Gasteiger partial charge in [0.1, 0.15) is 0 Å². The van der Waals surface area contributed by atoms with E-state index in [2.05, 4.69) is 16.8 Å². The number of methoxy groups -OCH3 is 1. The highest BCUT2D eigenvalue weighted by atomic mass is 16.5. The van der Waals surface area contributed by atoms with Crippen LogP contribution in [-0.2, 0) is 14.3 Å². The van der Waals surface area contributed by atoms with Crippen molar-refractivity contribution in [2.75, 3.05) is 53.6 Å². The van der Waals surface area contributed by atoms with Crippen molar-refractivity contribution in [3.63, 3.8) is 0 Å². The first-order valence-corrected chi connectivity index (χ1v) is 7.70. The molecule has 5 heteroatoms. The summed E-state index contributed by atoms with van der Waals surface area (Å²) in [4.78, 5) is 16.9. The number of carbonyl (C=O) groups excluding carboxylic acids is 1. The fraction of sp³-hybridized carbons (Fsp3) is 0.933. The van der Waals surface area contributed by atoms with Gasteiger partial charge >= 0.3 is 5.97 Å². The molecule has 1 saturated heterocycles. The molecule has 1 saturated carbocycles. The summed E-state index contributed by atoms with van der Waals surface area (Å²) in [6.45, 7) is 7.08. The lowest BCUT2D eigenvalue weighted by Gasteiger charge is -2.47. The molecular weight excluding hydrogens is 256 g/mol. The molecule has 0 spiro atoms. The van der Waals surface area contributed by atoms with Crippen LogP contribution >= 0.6 is 0 Å². The van der Waals surface area contributed by atoms with E-state index in [1.807, 2.05) is 6.92 Å². The first-order valence-electron chi connectivity index (χ1n) is 7.70. The van der Waals surface area contributed by atoms with Gasteiger partial charge in [-0.3, -0.25) is 9.69 Å². The molecule has 0 aromatic rings. The van der Waals surface area contributed by atoms with Crippen LogP contribution < -0.4 is 0 Å². The molecule has 0 radical (unpaired) electrons. The van der Waals surface area contributed by atoms with Crippen molar-refractivity contribution in [1.29, 1.82) is 0 Å². The second-order valence-corrected chi connectivity index (χ2v) is 6.08. The third-order valence-electron chi connectivity index (χ3n) is 4.62. The Hall–Kier alpha value is -0.650. The van der Waals surface area contributed by atoms with Gasteiger partial charge in [0.2, 0.25) is 0 Å². The quantitative estimate of drug-likeness (QED) is 0.652. The van der Waals surface area contributed by atoms with E-state index in [0.717, 1.165) is 26.2 Å². The molecule has 1 atom stereocenters. The molecule has 2 rings (SSSR count). The van der Waals surface area contributed by atoms with Crippen LogP contribution in [0.1, 0.15) is 26.2 Å². The summed E-state index contributed by atoms with van der Waals surface area (Å²) in [6, 6.07) is 0. The molecule has 0 aromatic heterocycles. The maximum Gasteiger partial charge on any atom is 0.307 e. The molecule has 0 bridgehead atoms. The number of hydrogen-bond acceptors (Lipinski definition) is 5. The molecule has 0 N–H and O–H groups in total. The van der Waals surface area contributed by atoms with Crippen LogP contribution in [0.2, 0.25) is 0 Å². The number of rotatable bonds is 7. The highest BCUT2D eigenvalue weighted by Gasteiger charge is 2.51. The van der Waals surface area contributed by atoms with E-state index in [1.165, 1.54) is 12.8 Å². The van der Waals surface area contributed by atoms with E-state index in [1.54, 1.807) is 7.11 Å². The Labute approximate surface area is 122 Å². The zero-order valence-corrected chi connectivity index (χ0v) is 13.1. The van der Waals surface area contributed by atoms with Gasteiger partial charge in [-0.2, -0.15) is 0 Å². The Morgan fingerprint density at radius 2 is 1.90 bits per heavy atom. The van der Waals surface area contributed by atoms with Crippen LogP contribution in [0, 0.1) is 5.92 Å². The molecule has 0 aromatic carbocycles. The van der Waals surface area contributed by atoms with E-state index in [4.69, 9.17) is 9.47 Å². The van der Waals surface area contributed by atoms with Gasteiger partial charge < -0.3 is 14.4 Å². The minimum atomic E-state index is -0.151. The third kappa shape index (κ3) is 3.51. The van der Waals surface area contributed by atoms with E-state index >= 15 is 0 Å². The second kappa shape index (κ2) is 6.87. The molecule has 1 unspecified atom stereocenters. The summed E-state index contributed by atoms with van der Waals surface area (Å²) in [7, 11) is 3.89. The number of nitrogens with zero attached hydrogens (tertiary/aromatic N) is 2. The van der Waals surface area contributed by atoms with Crippen molar-refractivity contribution < 1.29 is 14.3 Å². The normalized spacial score (nSPS) is 24.4. The Morgan fingerprint density at radius 3 is 2.40 bits per heavy atom. The molecular formula is C15H28N2O3. The monoisotopic (exact) mass is 284 g/mol. The van der Waals surface area contributed by atoms with Gasteiger partial charge in [0, 0.05) is 33.3 Å².